The molecule has 0 aliphatic carbocycles. The molecule has 1 aromatic rings. The summed E-state index contributed by atoms with van der Waals surface area (Å²) in [6.45, 7) is 0. The molecular formula is C11H11N3O2. The molecule has 0 aromatic carbocycles. The number of amides is 2. The minimum absolute atomic E-state index is 0.0756. The van der Waals surface area contributed by atoms with Gasteiger partial charge in [0.15, 0.2) is 0 Å². The Labute approximate surface area is 93.1 Å². The molecule has 0 aliphatic rings. The summed E-state index contributed by atoms with van der Waals surface area (Å²) in [7, 11) is 0. The minimum atomic E-state index is -0.842. The Hall–Kier alpha value is -2.35. The topological polar surface area (TPSA) is 85.1 Å². The van der Waals surface area contributed by atoms with Crippen molar-refractivity contribution in [3.8, 4) is 12.3 Å². The van der Waals surface area contributed by atoms with Gasteiger partial charge in [-0.1, -0.05) is 0 Å². The first-order valence-corrected chi connectivity index (χ1v) is 4.59. The van der Waals surface area contributed by atoms with Gasteiger partial charge >= 0.3 is 0 Å². The lowest BCUT2D eigenvalue weighted by Crippen LogP contribution is -2.44. The smallest absolute Gasteiger partial charge is 0.252 e. The summed E-state index contributed by atoms with van der Waals surface area (Å²) in [6, 6.07) is 2.22. The van der Waals surface area contributed by atoms with Crippen LogP contribution in [0.3, 0.4) is 0 Å². The maximum absolute atomic E-state index is 11.6. The number of hydrogen-bond acceptors (Lipinski definition) is 3. The van der Waals surface area contributed by atoms with Crippen molar-refractivity contribution < 1.29 is 9.59 Å². The van der Waals surface area contributed by atoms with E-state index in [9.17, 15) is 9.59 Å². The molecule has 1 aromatic heterocycles. The van der Waals surface area contributed by atoms with Crippen LogP contribution in [0.25, 0.3) is 0 Å². The number of carbonyl (C=O) groups excluding carboxylic acids is 2. The molecule has 0 aliphatic heterocycles. The zero-order valence-corrected chi connectivity index (χ0v) is 8.51. The van der Waals surface area contributed by atoms with E-state index in [1.807, 2.05) is 0 Å². The molecule has 0 spiro atoms. The van der Waals surface area contributed by atoms with Crippen LogP contribution in [0.2, 0.25) is 0 Å². The zero-order valence-electron chi connectivity index (χ0n) is 8.51. The van der Waals surface area contributed by atoms with Crippen molar-refractivity contribution in [3.05, 3.63) is 30.1 Å². The number of nitrogens with zero attached hydrogens (tertiary/aromatic N) is 1. The van der Waals surface area contributed by atoms with Gasteiger partial charge in [0.1, 0.15) is 6.04 Å². The number of terminal acetylenes is 1. The van der Waals surface area contributed by atoms with Crippen LogP contribution >= 0.6 is 0 Å². The highest BCUT2D eigenvalue weighted by Gasteiger charge is 2.17. The Kier molecular flexibility index (Phi) is 4.04. The number of nitrogens with one attached hydrogen (secondary N) is 1. The minimum Gasteiger partial charge on any atom is -0.368 e. The Morgan fingerprint density at radius 1 is 1.50 bits per heavy atom. The summed E-state index contributed by atoms with van der Waals surface area (Å²) in [6.07, 6.45) is 8.10. The number of aromatic nitrogens is 1. The van der Waals surface area contributed by atoms with E-state index in [1.54, 1.807) is 0 Å². The predicted molar refractivity (Wildman–Crippen MR) is 58.1 cm³/mol. The van der Waals surface area contributed by atoms with Gasteiger partial charge in [0.2, 0.25) is 5.91 Å². The Bertz CT molecular complexity index is 423. The van der Waals surface area contributed by atoms with Gasteiger partial charge in [-0.25, -0.2) is 0 Å². The lowest BCUT2D eigenvalue weighted by molar-refractivity contribution is -0.119. The summed E-state index contributed by atoms with van der Waals surface area (Å²) < 4.78 is 0. The summed E-state index contributed by atoms with van der Waals surface area (Å²) in [4.78, 5) is 26.3. The summed E-state index contributed by atoms with van der Waals surface area (Å²) in [5, 5.41) is 2.45. The molecule has 0 bridgehead atoms. The zero-order chi connectivity index (χ0) is 12.0. The second-order valence-electron chi connectivity index (χ2n) is 3.07. The van der Waals surface area contributed by atoms with Crippen molar-refractivity contribution in [2.45, 2.75) is 12.5 Å². The van der Waals surface area contributed by atoms with Gasteiger partial charge in [-0.05, 0) is 12.1 Å². The maximum Gasteiger partial charge on any atom is 0.252 e. The number of nitrogens with two attached hydrogens (primary N) is 1. The molecule has 0 saturated carbocycles. The highest BCUT2D eigenvalue weighted by Crippen LogP contribution is 1.98. The Balaban J connectivity index is 2.70. The van der Waals surface area contributed by atoms with E-state index in [-0.39, 0.29) is 6.42 Å². The molecule has 2 amide bonds. The third-order valence-electron chi connectivity index (χ3n) is 1.91. The van der Waals surface area contributed by atoms with Crippen LogP contribution in [0.4, 0.5) is 0 Å². The molecule has 0 radical (unpaired) electrons. The van der Waals surface area contributed by atoms with Gasteiger partial charge in [0, 0.05) is 24.4 Å². The molecule has 82 valence electrons. The molecule has 0 fully saturated rings. The van der Waals surface area contributed by atoms with E-state index >= 15 is 0 Å². The summed E-state index contributed by atoms with van der Waals surface area (Å²) in [5.41, 5.74) is 5.49. The maximum atomic E-state index is 11.6. The molecule has 1 atom stereocenters. The number of hydrogen-bond donors (Lipinski definition) is 2. The van der Waals surface area contributed by atoms with Gasteiger partial charge < -0.3 is 11.1 Å². The van der Waals surface area contributed by atoms with Crippen LogP contribution in [0, 0.1) is 12.3 Å². The van der Waals surface area contributed by atoms with Crippen LogP contribution < -0.4 is 11.1 Å². The van der Waals surface area contributed by atoms with Crippen molar-refractivity contribution in [2.75, 3.05) is 0 Å². The third kappa shape index (κ3) is 3.10. The van der Waals surface area contributed by atoms with Crippen LogP contribution in [-0.2, 0) is 4.79 Å². The quantitative estimate of drug-likeness (QED) is 0.678. The average molecular weight is 217 g/mol. The molecule has 1 rings (SSSR count). The SMILES string of the molecule is C#CC[C@H](NC(=O)c1ccncc1)C(N)=O. The van der Waals surface area contributed by atoms with Crippen molar-refractivity contribution in [2.24, 2.45) is 5.73 Å². The lowest BCUT2D eigenvalue weighted by Gasteiger charge is -2.12. The second kappa shape index (κ2) is 5.51. The van der Waals surface area contributed by atoms with Gasteiger partial charge in [-0.15, -0.1) is 12.3 Å². The number of pyridine rings is 1. The first-order chi connectivity index (χ1) is 7.65. The van der Waals surface area contributed by atoms with Gasteiger partial charge in [-0.3, -0.25) is 14.6 Å². The van der Waals surface area contributed by atoms with E-state index in [0.717, 1.165) is 0 Å². The van der Waals surface area contributed by atoms with Crippen molar-refractivity contribution in [3.63, 3.8) is 0 Å². The third-order valence-corrected chi connectivity index (χ3v) is 1.91. The molecular weight excluding hydrogens is 206 g/mol. The largest absolute Gasteiger partial charge is 0.368 e. The van der Waals surface area contributed by atoms with Crippen LogP contribution in [0.15, 0.2) is 24.5 Å². The van der Waals surface area contributed by atoms with Crippen molar-refractivity contribution in [1.82, 2.24) is 10.3 Å². The fourth-order valence-corrected chi connectivity index (χ4v) is 1.09. The van der Waals surface area contributed by atoms with Crippen LogP contribution in [0.1, 0.15) is 16.8 Å². The Morgan fingerprint density at radius 2 is 2.12 bits per heavy atom. The van der Waals surface area contributed by atoms with E-state index in [2.05, 4.69) is 16.2 Å². The highest BCUT2D eigenvalue weighted by molar-refractivity contribution is 5.97. The average Bonchev–Trinajstić information content (AvgIpc) is 2.29. The van der Waals surface area contributed by atoms with E-state index in [4.69, 9.17) is 12.2 Å². The van der Waals surface area contributed by atoms with E-state index < -0.39 is 17.9 Å². The van der Waals surface area contributed by atoms with Gasteiger partial charge in [0.05, 0.1) is 0 Å². The summed E-state index contributed by atoms with van der Waals surface area (Å²) in [5.74, 6) is 1.22. The van der Waals surface area contributed by atoms with Crippen molar-refractivity contribution in [1.29, 1.82) is 0 Å². The number of primary amides is 1. The monoisotopic (exact) mass is 217 g/mol. The van der Waals surface area contributed by atoms with Crippen LogP contribution in [0.5, 0.6) is 0 Å². The van der Waals surface area contributed by atoms with Gasteiger partial charge in [-0.2, -0.15) is 0 Å². The predicted octanol–water partition coefficient (Wildman–Crippen LogP) is -0.311. The molecule has 0 unspecified atom stereocenters. The molecule has 5 heteroatoms. The van der Waals surface area contributed by atoms with Gasteiger partial charge in [0.25, 0.3) is 5.91 Å². The van der Waals surface area contributed by atoms with E-state index in [0.29, 0.717) is 5.56 Å². The molecule has 0 saturated heterocycles. The standard InChI is InChI=1S/C11H11N3O2/c1-2-3-9(10(12)15)14-11(16)8-4-6-13-7-5-8/h1,4-7,9H,3H2,(H2,12,15)(H,14,16)/t9-/m0/s1. The number of rotatable bonds is 4. The summed E-state index contributed by atoms with van der Waals surface area (Å²) >= 11 is 0. The first kappa shape index (κ1) is 11.7. The molecule has 3 N–H and O–H groups in total. The normalized spacial score (nSPS) is 11.2. The lowest BCUT2D eigenvalue weighted by atomic mass is 10.2. The highest BCUT2D eigenvalue weighted by atomic mass is 16.2. The van der Waals surface area contributed by atoms with Crippen molar-refractivity contribution >= 4 is 11.8 Å². The van der Waals surface area contributed by atoms with E-state index in [1.165, 1.54) is 24.5 Å². The number of carbonyl (C=O) groups is 2. The second-order valence-corrected chi connectivity index (χ2v) is 3.07. The molecule has 1 heterocycles. The Morgan fingerprint density at radius 3 is 2.62 bits per heavy atom. The molecule has 5 nitrogen and oxygen atoms in total. The van der Waals surface area contributed by atoms with Crippen LogP contribution in [-0.4, -0.2) is 22.8 Å². The fourth-order valence-electron chi connectivity index (χ4n) is 1.09. The fraction of sp³-hybridized carbons (Fsp3) is 0.182. The first-order valence-electron chi connectivity index (χ1n) is 4.59. The molecule has 16 heavy (non-hydrogen) atoms.